The van der Waals surface area contributed by atoms with Gasteiger partial charge >= 0.3 is 0 Å². The molecule has 3 rings (SSSR count). The number of hydrogen-bond acceptors (Lipinski definition) is 4. The summed E-state index contributed by atoms with van der Waals surface area (Å²) in [5.74, 6) is 0.584. The van der Waals surface area contributed by atoms with Crippen LogP contribution in [-0.4, -0.2) is 18.0 Å². The molecule has 4 nitrogen and oxygen atoms in total. The Balaban J connectivity index is 1.78. The number of benzene rings is 1. The number of hydrogen-bond donors (Lipinski definition) is 1. The lowest BCUT2D eigenvalue weighted by atomic mass is 10.0. The van der Waals surface area contributed by atoms with E-state index in [0.717, 1.165) is 29.8 Å². The van der Waals surface area contributed by atoms with Crippen molar-refractivity contribution in [2.24, 2.45) is 0 Å². The number of ether oxygens (including phenoxy) is 1. The van der Waals surface area contributed by atoms with Gasteiger partial charge in [0.15, 0.2) is 5.13 Å². The molecule has 0 saturated heterocycles. The van der Waals surface area contributed by atoms with Crippen LogP contribution >= 0.6 is 11.3 Å². The predicted octanol–water partition coefficient (Wildman–Crippen LogP) is 3.59. The van der Waals surface area contributed by atoms with Crippen molar-refractivity contribution in [2.45, 2.75) is 32.6 Å². The van der Waals surface area contributed by atoms with E-state index in [1.165, 1.54) is 17.7 Å². The number of rotatable bonds is 3. The zero-order valence-electron chi connectivity index (χ0n) is 12.2. The topological polar surface area (TPSA) is 51.2 Å². The van der Waals surface area contributed by atoms with Gasteiger partial charge in [-0.25, -0.2) is 4.98 Å². The highest BCUT2D eigenvalue weighted by Gasteiger charge is 2.17. The van der Waals surface area contributed by atoms with E-state index in [0.29, 0.717) is 10.7 Å². The number of fused-ring (bicyclic) bond motifs is 1. The number of nitrogens with one attached hydrogen (secondary N) is 1. The number of aryl methyl sites for hydroxylation is 3. The highest BCUT2D eigenvalue weighted by molar-refractivity contribution is 7.15. The third kappa shape index (κ3) is 2.93. The Morgan fingerprint density at radius 2 is 2.14 bits per heavy atom. The SMILES string of the molecule is COc1cc(C(=O)Nc2nc3c(s2)CCCC3)ccc1C. The molecule has 0 radical (unpaired) electrons. The first-order chi connectivity index (χ1) is 10.2. The van der Waals surface area contributed by atoms with Crippen molar-refractivity contribution in [2.75, 3.05) is 12.4 Å². The summed E-state index contributed by atoms with van der Waals surface area (Å²) in [5.41, 5.74) is 2.76. The van der Waals surface area contributed by atoms with Crippen LogP contribution < -0.4 is 10.1 Å². The molecule has 1 aliphatic rings. The van der Waals surface area contributed by atoms with Gasteiger partial charge in [0.05, 0.1) is 12.8 Å². The second-order valence-electron chi connectivity index (χ2n) is 5.23. The highest BCUT2D eigenvalue weighted by Crippen LogP contribution is 2.30. The fourth-order valence-corrected chi connectivity index (χ4v) is 3.58. The van der Waals surface area contributed by atoms with Crippen LogP contribution in [0.1, 0.15) is 39.3 Å². The average Bonchev–Trinajstić information content (AvgIpc) is 2.89. The lowest BCUT2D eigenvalue weighted by molar-refractivity contribution is 0.102. The van der Waals surface area contributed by atoms with Gasteiger partial charge in [-0.05, 0) is 50.3 Å². The summed E-state index contributed by atoms with van der Waals surface area (Å²) in [5, 5.41) is 3.60. The van der Waals surface area contributed by atoms with Crippen LogP contribution in [0.2, 0.25) is 0 Å². The molecule has 0 atom stereocenters. The maximum atomic E-state index is 12.3. The van der Waals surface area contributed by atoms with Crippen molar-refractivity contribution in [1.82, 2.24) is 4.98 Å². The molecule has 1 heterocycles. The average molecular weight is 302 g/mol. The summed E-state index contributed by atoms with van der Waals surface area (Å²) < 4.78 is 5.26. The zero-order chi connectivity index (χ0) is 14.8. The Bertz CT molecular complexity index is 655. The second kappa shape index (κ2) is 5.85. The van der Waals surface area contributed by atoms with Crippen LogP contribution in [0, 0.1) is 6.92 Å². The van der Waals surface area contributed by atoms with Crippen molar-refractivity contribution in [1.29, 1.82) is 0 Å². The van der Waals surface area contributed by atoms with E-state index in [2.05, 4.69) is 10.3 Å². The maximum Gasteiger partial charge on any atom is 0.257 e. The molecular weight excluding hydrogens is 284 g/mol. The van der Waals surface area contributed by atoms with Gasteiger partial charge in [0.1, 0.15) is 5.75 Å². The highest BCUT2D eigenvalue weighted by atomic mass is 32.1. The van der Waals surface area contributed by atoms with Crippen molar-refractivity contribution in [3.05, 3.63) is 39.9 Å². The molecule has 1 N–H and O–H groups in total. The minimum Gasteiger partial charge on any atom is -0.496 e. The van der Waals surface area contributed by atoms with Gasteiger partial charge in [0.2, 0.25) is 0 Å². The van der Waals surface area contributed by atoms with E-state index in [9.17, 15) is 4.79 Å². The molecule has 0 aliphatic heterocycles. The van der Waals surface area contributed by atoms with Crippen LogP contribution in [0.4, 0.5) is 5.13 Å². The van der Waals surface area contributed by atoms with Crippen LogP contribution in [-0.2, 0) is 12.8 Å². The van der Waals surface area contributed by atoms with Gasteiger partial charge in [0, 0.05) is 10.4 Å². The van der Waals surface area contributed by atoms with E-state index in [4.69, 9.17) is 4.74 Å². The summed E-state index contributed by atoms with van der Waals surface area (Å²) in [7, 11) is 1.61. The molecule has 0 unspecified atom stereocenters. The third-order valence-electron chi connectivity index (χ3n) is 3.74. The molecule has 5 heteroatoms. The fourth-order valence-electron chi connectivity index (χ4n) is 2.54. The van der Waals surface area contributed by atoms with E-state index in [1.807, 2.05) is 13.0 Å². The summed E-state index contributed by atoms with van der Waals surface area (Å²) >= 11 is 1.60. The predicted molar refractivity (Wildman–Crippen MR) is 84.4 cm³/mol. The number of carbonyl (C=O) groups excluding carboxylic acids is 1. The number of aromatic nitrogens is 1. The largest absolute Gasteiger partial charge is 0.496 e. The Hall–Kier alpha value is -1.88. The smallest absolute Gasteiger partial charge is 0.257 e. The van der Waals surface area contributed by atoms with E-state index in [1.54, 1.807) is 30.6 Å². The Morgan fingerprint density at radius 3 is 2.90 bits per heavy atom. The lowest BCUT2D eigenvalue weighted by Gasteiger charge is -2.07. The Kier molecular flexibility index (Phi) is 3.92. The van der Waals surface area contributed by atoms with Gasteiger partial charge in [0.25, 0.3) is 5.91 Å². The minimum atomic E-state index is -0.139. The summed E-state index contributed by atoms with van der Waals surface area (Å²) in [4.78, 5) is 18.2. The van der Waals surface area contributed by atoms with Crippen molar-refractivity contribution in [3.63, 3.8) is 0 Å². The zero-order valence-corrected chi connectivity index (χ0v) is 13.0. The molecular formula is C16H18N2O2S. The molecule has 1 aliphatic carbocycles. The summed E-state index contributed by atoms with van der Waals surface area (Å²) in [6.07, 6.45) is 4.53. The summed E-state index contributed by atoms with van der Waals surface area (Å²) in [6, 6.07) is 5.46. The monoisotopic (exact) mass is 302 g/mol. The molecule has 1 aromatic carbocycles. The molecule has 0 fully saturated rings. The maximum absolute atomic E-state index is 12.3. The van der Waals surface area contributed by atoms with Crippen LogP contribution in [0.25, 0.3) is 0 Å². The number of carbonyl (C=O) groups is 1. The first-order valence-electron chi connectivity index (χ1n) is 7.12. The Morgan fingerprint density at radius 1 is 1.33 bits per heavy atom. The molecule has 21 heavy (non-hydrogen) atoms. The van der Waals surface area contributed by atoms with Gasteiger partial charge in [-0.15, -0.1) is 11.3 Å². The number of thiazole rings is 1. The van der Waals surface area contributed by atoms with E-state index < -0.39 is 0 Å². The Labute approximate surface area is 128 Å². The van der Waals surface area contributed by atoms with E-state index in [-0.39, 0.29) is 5.91 Å². The quantitative estimate of drug-likeness (QED) is 0.942. The molecule has 1 aromatic heterocycles. The lowest BCUT2D eigenvalue weighted by Crippen LogP contribution is -2.12. The van der Waals surface area contributed by atoms with Crippen molar-refractivity contribution in [3.8, 4) is 5.75 Å². The first kappa shape index (κ1) is 14.1. The molecule has 1 amide bonds. The summed E-state index contributed by atoms with van der Waals surface area (Å²) in [6.45, 7) is 1.95. The van der Waals surface area contributed by atoms with Crippen LogP contribution in [0.3, 0.4) is 0 Å². The van der Waals surface area contributed by atoms with Crippen molar-refractivity contribution < 1.29 is 9.53 Å². The van der Waals surface area contributed by atoms with Gasteiger partial charge in [-0.1, -0.05) is 6.07 Å². The number of anilines is 1. The first-order valence-corrected chi connectivity index (χ1v) is 7.93. The normalized spacial score (nSPS) is 13.6. The van der Waals surface area contributed by atoms with Crippen molar-refractivity contribution >= 4 is 22.4 Å². The van der Waals surface area contributed by atoms with Gasteiger partial charge in [-0.3, -0.25) is 10.1 Å². The fraction of sp³-hybridized carbons (Fsp3) is 0.375. The minimum absolute atomic E-state index is 0.139. The number of methoxy groups -OCH3 is 1. The standard InChI is InChI=1S/C16H18N2O2S/c1-10-7-8-11(9-13(10)20-2)15(19)18-16-17-12-5-3-4-6-14(12)21-16/h7-9H,3-6H2,1-2H3,(H,17,18,19). The molecule has 2 aromatic rings. The molecule has 0 bridgehead atoms. The van der Waals surface area contributed by atoms with Crippen LogP contribution in [0.5, 0.6) is 5.75 Å². The van der Waals surface area contributed by atoms with Crippen LogP contribution in [0.15, 0.2) is 18.2 Å². The van der Waals surface area contributed by atoms with Gasteiger partial charge < -0.3 is 4.74 Å². The second-order valence-corrected chi connectivity index (χ2v) is 6.32. The van der Waals surface area contributed by atoms with E-state index >= 15 is 0 Å². The molecule has 0 saturated carbocycles. The third-order valence-corrected chi connectivity index (χ3v) is 4.81. The molecule has 0 spiro atoms. The van der Waals surface area contributed by atoms with Gasteiger partial charge in [-0.2, -0.15) is 0 Å². The number of nitrogens with zero attached hydrogens (tertiary/aromatic N) is 1. The number of amides is 1. The molecule has 110 valence electrons.